The molecule has 1 aliphatic heterocycles. The minimum Gasteiger partial charge on any atom is -0.484 e. The molecule has 0 aromatic heterocycles. The molecule has 1 saturated heterocycles. The third kappa shape index (κ3) is 5.80. The van der Waals surface area contributed by atoms with Crippen LogP contribution in [0.2, 0.25) is 10.0 Å². The summed E-state index contributed by atoms with van der Waals surface area (Å²) in [6, 6.07) is 19.4. The van der Waals surface area contributed by atoms with Gasteiger partial charge in [0, 0.05) is 15.7 Å². The lowest BCUT2D eigenvalue weighted by atomic mass is 10.2. The molecule has 3 aromatic carbocycles. The predicted octanol–water partition coefficient (Wildman–Crippen LogP) is 6.73. The minimum absolute atomic E-state index is 0.174. The molecule has 0 spiro atoms. The Labute approximate surface area is 216 Å². The van der Waals surface area contributed by atoms with Crippen LogP contribution in [0.4, 0.5) is 11.4 Å². The summed E-state index contributed by atoms with van der Waals surface area (Å²) in [6.45, 7) is 1.72. The fraction of sp³-hybridized carbons (Fsp3) is 0.0800. The number of aryl methyl sites for hydroxylation is 1. The predicted molar refractivity (Wildman–Crippen MR) is 144 cm³/mol. The molecule has 1 fully saturated rings. The molecule has 5 nitrogen and oxygen atoms in total. The van der Waals surface area contributed by atoms with Crippen molar-refractivity contribution in [2.75, 3.05) is 16.8 Å². The zero-order chi connectivity index (χ0) is 24.2. The summed E-state index contributed by atoms with van der Waals surface area (Å²) < 4.78 is 6.05. The Morgan fingerprint density at radius 1 is 1.12 bits per heavy atom. The lowest BCUT2D eigenvalue weighted by molar-refractivity contribution is -0.118. The molecule has 1 N–H and O–H groups in total. The van der Waals surface area contributed by atoms with Gasteiger partial charge in [-0.25, -0.2) is 0 Å². The standard InChI is InChI=1S/C25H18Cl2N2O3S2/c1-15-8-9-19(13-21(15)27)29-24(31)22(34-25(29)33)11-16-4-2-7-20(10-16)32-14-23(30)28-18-6-3-5-17(26)12-18/h2-13H,14H2,1H3,(H,28,30)/b22-11-. The highest BCUT2D eigenvalue weighted by Crippen LogP contribution is 2.37. The number of thiocarbonyl (C=S) groups is 1. The highest BCUT2D eigenvalue weighted by Gasteiger charge is 2.33. The summed E-state index contributed by atoms with van der Waals surface area (Å²) in [5.41, 5.74) is 2.88. The maximum atomic E-state index is 13.0. The van der Waals surface area contributed by atoms with Crippen LogP contribution >= 0.6 is 47.2 Å². The number of hydrogen-bond donors (Lipinski definition) is 1. The van der Waals surface area contributed by atoms with Crippen LogP contribution in [-0.4, -0.2) is 22.7 Å². The molecule has 0 saturated carbocycles. The zero-order valence-corrected chi connectivity index (χ0v) is 21.0. The highest BCUT2D eigenvalue weighted by molar-refractivity contribution is 8.27. The van der Waals surface area contributed by atoms with Crippen molar-refractivity contribution >= 4 is 80.8 Å². The van der Waals surface area contributed by atoms with Gasteiger partial charge in [-0.15, -0.1) is 0 Å². The molecule has 2 amide bonds. The molecule has 9 heteroatoms. The Morgan fingerprint density at radius 3 is 2.68 bits per heavy atom. The van der Waals surface area contributed by atoms with Gasteiger partial charge in [-0.1, -0.05) is 71.4 Å². The molecular weight excluding hydrogens is 511 g/mol. The van der Waals surface area contributed by atoms with Crippen molar-refractivity contribution in [3.8, 4) is 5.75 Å². The molecule has 34 heavy (non-hydrogen) atoms. The molecule has 1 heterocycles. The van der Waals surface area contributed by atoms with Crippen LogP contribution in [0.15, 0.2) is 71.6 Å². The van der Waals surface area contributed by atoms with E-state index in [9.17, 15) is 9.59 Å². The Hall–Kier alpha value is -2.84. The number of halogens is 2. The lowest BCUT2D eigenvalue weighted by Crippen LogP contribution is -2.27. The largest absolute Gasteiger partial charge is 0.484 e. The second-order valence-corrected chi connectivity index (χ2v) is 9.89. The van der Waals surface area contributed by atoms with Crippen molar-refractivity contribution in [3.05, 3.63) is 92.8 Å². The number of carbonyl (C=O) groups is 2. The van der Waals surface area contributed by atoms with Crippen LogP contribution in [0.25, 0.3) is 6.08 Å². The van der Waals surface area contributed by atoms with Crippen molar-refractivity contribution in [1.82, 2.24) is 0 Å². The third-order valence-corrected chi connectivity index (χ3v) is 6.79. The Balaban J connectivity index is 1.43. The number of thioether (sulfide) groups is 1. The van der Waals surface area contributed by atoms with Crippen molar-refractivity contribution < 1.29 is 14.3 Å². The fourth-order valence-electron chi connectivity index (χ4n) is 3.17. The van der Waals surface area contributed by atoms with E-state index in [1.165, 1.54) is 16.7 Å². The second-order valence-electron chi connectivity index (χ2n) is 7.37. The van der Waals surface area contributed by atoms with Gasteiger partial charge in [-0.2, -0.15) is 0 Å². The number of hydrogen-bond acceptors (Lipinski definition) is 5. The number of nitrogens with one attached hydrogen (secondary N) is 1. The summed E-state index contributed by atoms with van der Waals surface area (Å²) in [7, 11) is 0. The SMILES string of the molecule is Cc1ccc(N2C(=O)/C(=C/c3cccc(OCC(=O)Nc4cccc(Cl)c4)c3)SC2=S)cc1Cl. The number of nitrogens with zero attached hydrogens (tertiary/aromatic N) is 1. The van der Waals surface area contributed by atoms with Gasteiger partial charge in [-0.3, -0.25) is 14.5 Å². The van der Waals surface area contributed by atoms with E-state index in [0.717, 1.165) is 11.1 Å². The van der Waals surface area contributed by atoms with Crippen LogP contribution < -0.4 is 15.0 Å². The number of carbonyl (C=O) groups excluding carboxylic acids is 2. The summed E-state index contributed by atoms with van der Waals surface area (Å²) in [4.78, 5) is 27.2. The minimum atomic E-state index is -0.315. The van der Waals surface area contributed by atoms with E-state index < -0.39 is 0 Å². The average Bonchev–Trinajstić information content (AvgIpc) is 3.07. The summed E-state index contributed by atoms with van der Waals surface area (Å²) >= 11 is 18.8. The van der Waals surface area contributed by atoms with Gasteiger partial charge in [0.25, 0.3) is 11.8 Å². The van der Waals surface area contributed by atoms with E-state index in [-0.39, 0.29) is 18.4 Å². The molecule has 0 radical (unpaired) electrons. The first-order valence-electron chi connectivity index (χ1n) is 10.1. The van der Waals surface area contributed by atoms with Crippen LogP contribution in [0.5, 0.6) is 5.75 Å². The Bertz CT molecular complexity index is 1330. The van der Waals surface area contributed by atoms with Crippen LogP contribution in [0.3, 0.4) is 0 Å². The average molecular weight is 529 g/mol. The fourth-order valence-corrected chi connectivity index (χ4v) is 4.83. The monoisotopic (exact) mass is 528 g/mol. The molecule has 3 aromatic rings. The van der Waals surface area contributed by atoms with Crippen molar-refractivity contribution in [3.63, 3.8) is 0 Å². The first kappa shape index (κ1) is 24.3. The summed E-state index contributed by atoms with van der Waals surface area (Å²) in [5.74, 6) is -0.0387. The quantitative estimate of drug-likeness (QED) is 0.284. The van der Waals surface area contributed by atoms with E-state index in [2.05, 4.69) is 5.32 Å². The molecule has 0 bridgehead atoms. The van der Waals surface area contributed by atoms with Crippen LogP contribution in [0.1, 0.15) is 11.1 Å². The van der Waals surface area contributed by atoms with E-state index >= 15 is 0 Å². The summed E-state index contributed by atoms with van der Waals surface area (Å²) in [5, 5.41) is 3.83. The third-order valence-electron chi connectivity index (χ3n) is 4.84. The maximum Gasteiger partial charge on any atom is 0.270 e. The number of anilines is 2. The number of rotatable bonds is 6. The van der Waals surface area contributed by atoms with Crippen molar-refractivity contribution in [2.45, 2.75) is 6.92 Å². The van der Waals surface area contributed by atoms with E-state index in [0.29, 0.717) is 36.4 Å². The normalized spacial score (nSPS) is 14.6. The topological polar surface area (TPSA) is 58.6 Å². The van der Waals surface area contributed by atoms with Gasteiger partial charge in [0.05, 0.1) is 10.6 Å². The van der Waals surface area contributed by atoms with Gasteiger partial charge in [0.15, 0.2) is 10.9 Å². The Kier molecular flexibility index (Phi) is 7.58. The zero-order valence-electron chi connectivity index (χ0n) is 17.9. The first-order valence-corrected chi connectivity index (χ1v) is 12.1. The molecule has 0 unspecified atom stereocenters. The molecule has 172 valence electrons. The maximum absolute atomic E-state index is 13.0. The van der Waals surface area contributed by atoms with E-state index in [1.54, 1.807) is 54.6 Å². The van der Waals surface area contributed by atoms with Gasteiger partial charge in [0.2, 0.25) is 0 Å². The molecule has 4 rings (SSSR count). The second kappa shape index (κ2) is 10.6. The van der Waals surface area contributed by atoms with Crippen molar-refractivity contribution in [2.24, 2.45) is 0 Å². The number of benzene rings is 3. The smallest absolute Gasteiger partial charge is 0.270 e. The van der Waals surface area contributed by atoms with Crippen molar-refractivity contribution in [1.29, 1.82) is 0 Å². The van der Waals surface area contributed by atoms with Gasteiger partial charge in [0.1, 0.15) is 5.75 Å². The number of ether oxygens (including phenoxy) is 1. The van der Waals surface area contributed by atoms with E-state index in [4.69, 9.17) is 40.2 Å². The molecule has 0 atom stereocenters. The van der Waals surface area contributed by atoms with Crippen LogP contribution in [-0.2, 0) is 9.59 Å². The Morgan fingerprint density at radius 2 is 1.91 bits per heavy atom. The lowest BCUT2D eigenvalue weighted by Gasteiger charge is -2.15. The molecular formula is C25H18Cl2N2O3S2. The number of amides is 2. The molecule has 1 aliphatic rings. The van der Waals surface area contributed by atoms with E-state index in [1.807, 2.05) is 25.1 Å². The molecule has 0 aliphatic carbocycles. The van der Waals surface area contributed by atoms with Gasteiger partial charge < -0.3 is 10.1 Å². The van der Waals surface area contributed by atoms with Crippen LogP contribution in [0, 0.1) is 6.92 Å². The highest BCUT2D eigenvalue weighted by atomic mass is 35.5. The van der Waals surface area contributed by atoms with Gasteiger partial charge in [-0.05, 0) is 66.6 Å². The van der Waals surface area contributed by atoms with Gasteiger partial charge >= 0.3 is 0 Å². The summed E-state index contributed by atoms with van der Waals surface area (Å²) in [6.07, 6.45) is 1.74. The first-order chi connectivity index (χ1) is 16.3.